The van der Waals surface area contributed by atoms with Crippen molar-refractivity contribution in [3.8, 4) is 11.5 Å². The zero-order chi connectivity index (χ0) is 11.8. The number of hydrogen-bond donors (Lipinski definition) is 3. The first-order valence-electron chi connectivity index (χ1n) is 5.07. The number of aromatic nitrogens is 4. The highest BCUT2D eigenvalue weighted by atomic mass is 15.0. The molecular formula is C11H10N6. The van der Waals surface area contributed by atoms with Gasteiger partial charge in [-0.1, -0.05) is 6.07 Å². The molecule has 6 heteroatoms. The number of nitrogens with zero attached hydrogens (tertiary/aromatic N) is 3. The number of nitrogens with two attached hydrogens (primary N) is 2. The van der Waals surface area contributed by atoms with Crippen LogP contribution in [-0.2, 0) is 0 Å². The van der Waals surface area contributed by atoms with Gasteiger partial charge in [0.25, 0.3) is 0 Å². The molecule has 0 aliphatic heterocycles. The second kappa shape index (κ2) is 3.44. The molecule has 0 bridgehead atoms. The number of imidazole rings is 1. The van der Waals surface area contributed by atoms with Gasteiger partial charge in [0.1, 0.15) is 11.5 Å². The fourth-order valence-corrected chi connectivity index (χ4v) is 1.60. The summed E-state index contributed by atoms with van der Waals surface area (Å²) in [7, 11) is 0. The number of nitrogen functional groups attached to an aromatic ring is 2. The molecule has 17 heavy (non-hydrogen) atoms. The van der Waals surface area contributed by atoms with E-state index in [1.54, 1.807) is 12.3 Å². The molecule has 3 aromatic rings. The maximum Gasteiger partial charge on any atom is 0.180 e. The Hall–Kier alpha value is -2.63. The lowest BCUT2D eigenvalue weighted by molar-refractivity contribution is 1.23. The van der Waals surface area contributed by atoms with Crippen LogP contribution in [0.3, 0.4) is 0 Å². The molecule has 0 radical (unpaired) electrons. The lowest BCUT2D eigenvalue weighted by Gasteiger charge is -1.96. The molecule has 0 saturated heterocycles. The fourth-order valence-electron chi connectivity index (χ4n) is 1.60. The average Bonchev–Trinajstić information content (AvgIpc) is 2.74. The predicted octanol–water partition coefficient (Wildman–Crippen LogP) is 1.18. The van der Waals surface area contributed by atoms with Crippen LogP contribution in [0.25, 0.3) is 22.7 Å². The van der Waals surface area contributed by atoms with Crippen LogP contribution in [-0.4, -0.2) is 19.9 Å². The van der Waals surface area contributed by atoms with Crippen molar-refractivity contribution in [3.63, 3.8) is 0 Å². The number of hydrogen-bond acceptors (Lipinski definition) is 5. The number of anilines is 2. The number of rotatable bonds is 1. The summed E-state index contributed by atoms with van der Waals surface area (Å²) in [6.45, 7) is 0. The van der Waals surface area contributed by atoms with Gasteiger partial charge < -0.3 is 16.5 Å². The maximum absolute atomic E-state index is 5.68. The van der Waals surface area contributed by atoms with E-state index in [9.17, 15) is 0 Å². The van der Waals surface area contributed by atoms with Gasteiger partial charge in [-0.25, -0.2) is 9.97 Å². The van der Waals surface area contributed by atoms with Gasteiger partial charge in [0.15, 0.2) is 11.5 Å². The topological polar surface area (TPSA) is 106 Å². The molecule has 3 rings (SSSR count). The Bertz CT molecular complexity index is 634. The lowest BCUT2D eigenvalue weighted by atomic mass is 10.3. The van der Waals surface area contributed by atoms with Crippen LogP contribution in [0.5, 0.6) is 0 Å². The van der Waals surface area contributed by atoms with E-state index in [1.165, 1.54) is 0 Å². The van der Waals surface area contributed by atoms with Crippen LogP contribution in [0.4, 0.5) is 11.5 Å². The van der Waals surface area contributed by atoms with Crippen molar-refractivity contribution >= 4 is 22.7 Å². The van der Waals surface area contributed by atoms with Crippen molar-refractivity contribution in [2.75, 3.05) is 11.5 Å². The van der Waals surface area contributed by atoms with E-state index in [1.807, 2.05) is 18.2 Å². The van der Waals surface area contributed by atoms with E-state index in [0.29, 0.717) is 17.2 Å². The van der Waals surface area contributed by atoms with E-state index in [2.05, 4.69) is 19.9 Å². The Morgan fingerprint density at radius 2 is 2.00 bits per heavy atom. The second-order valence-electron chi connectivity index (χ2n) is 3.63. The monoisotopic (exact) mass is 226 g/mol. The van der Waals surface area contributed by atoms with E-state index in [0.717, 1.165) is 11.2 Å². The van der Waals surface area contributed by atoms with E-state index in [4.69, 9.17) is 11.5 Å². The molecule has 3 aromatic heterocycles. The van der Waals surface area contributed by atoms with Crippen LogP contribution in [0, 0.1) is 0 Å². The highest BCUT2D eigenvalue weighted by Crippen LogP contribution is 2.21. The summed E-state index contributed by atoms with van der Waals surface area (Å²) in [5, 5.41) is 0. The molecule has 3 heterocycles. The van der Waals surface area contributed by atoms with Crippen LogP contribution in [0.15, 0.2) is 30.5 Å². The van der Waals surface area contributed by atoms with Crippen LogP contribution >= 0.6 is 0 Å². The van der Waals surface area contributed by atoms with E-state index < -0.39 is 0 Å². The van der Waals surface area contributed by atoms with Crippen LogP contribution in [0.1, 0.15) is 0 Å². The Morgan fingerprint density at radius 1 is 1.12 bits per heavy atom. The first kappa shape index (κ1) is 9.59. The SMILES string of the molecule is Nc1cc2[nH]c(-c3ccccn3)nc2nc1N. The quantitative estimate of drug-likeness (QED) is 0.577. The molecule has 84 valence electrons. The van der Waals surface area contributed by atoms with Gasteiger partial charge in [-0.15, -0.1) is 0 Å². The van der Waals surface area contributed by atoms with Crippen molar-refractivity contribution < 1.29 is 0 Å². The van der Waals surface area contributed by atoms with Gasteiger partial charge in [0.2, 0.25) is 0 Å². The highest BCUT2D eigenvalue weighted by molar-refractivity contribution is 5.82. The molecule has 0 atom stereocenters. The van der Waals surface area contributed by atoms with Crippen molar-refractivity contribution in [2.24, 2.45) is 0 Å². The summed E-state index contributed by atoms with van der Waals surface area (Å²) in [5.41, 5.74) is 13.8. The summed E-state index contributed by atoms with van der Waals surface area (Å²) in [6, 6.07) is 7.33. The number of nitrogens with one attached hydrogen (secondary N) is 1. The average molecular weight is 226 g/mol. The molecule has 5 N–H and O–H groups in total. The molecule has 0 saturated carbocycles. The lowest BCUT2D eigenvalue weighted by Crippen LogP contribution is -1.97. The van der Waals surface area contributed by atoms with Crippen molar-refractivity contribution in [1.29, 1.82) is 0 Å². The number of H-pyrrole nitrogens is 1. The summed E-state index contributed by atoms with van der Waals surface area (Å²) >= 11 is 0. The Balaban J connectivity index is 2.21. The zero-order valence-corrected chi connectivity index (χ0v) is 8.88. The van der Waals surface area contributed by atoms with Gasteiger partial charge in [0.05, 0.1) is 11.2 Å². The Morgan fingerprint density at radius 3 is 2.76 bits per heavy atom. The summed E-state index contributed by atoms with van der Waals surface area (Å²) in [5.74, 6) is 0.940. The second-order valence-corrected chi connectivity index (χ2v) is 3.63. The summed E-state index contributed by atoms with van der Waals surface area (Å²) in [6.07, 6.45) is 1.71. The normalized spacial score (nSPS) is 10.8. The van der Waals surface area contributed by atoms with Gasteiger partial charge in [0, 0.05) is 6.20 Å². The third-order valence-electron chi connectivity index (χ3n) is 2.44. The molecule has 0 aromatic carbocycles. The number of fused-ring (bicyclic) bond motifs is 1. The van der Waals surface area contributed by atoms with Crippen LogP contribution in [0.2, 0.25) is 0 Å². The molecule has 0 amide bonds. The van der Waals surface area contributed by atoms with Crippen molar-refractivity contribution in [3.05, 3.63) is 30.5 Å². The van der Waals surface area contributed by atoms with E-state index >= 15 is 0 Å². The van der Waals surface area contributed by atoms with Crippen molar-refractivity contribution in [2.45, 2.75) is 0 Å². The van der Waals surface area contributed by atoms with Crippen LogP contribution < -0.4 is 11.5 Å². The first-order valence-corrected chi connectivity index (χ1v) is 5.07. The van der Waals surface area contributed by atoms with Gasteiger partial charge in [-0.2, -0.15) is 0 Å². The largest absolute Gasteiger partial charge is 0.396 e. The molecular weight excluding hydrogens is 216 g/mol. The third kappa shape index (κ3) is 1.55. The van der Waals surface area contributed by atoms with Gasteiger partial charge in [-0.3, -0.25) is 4.98 Å². The molecule has 0 fully saturated rings. The smallest absolute Gasteiger partial charge is 0.180 e. The molecule has 0 unspecified atom stereocenters. The molecule has 0 aliphatic rings. The molecule has 0 spiro atoms. The Kier molecular flexibility index (Phi) is 1.94. The minimum absolute atomic E-state index is 0.288. The third-order valence-corrected chi connectivity index (χ3v) is 2.44. The maximum atomic E-state index is 5.68. The van der Waals surface area contributed by atoms with Crippen molar-refractivity contribution in [1.82, 2.24) is 19.9 Å². The first-order chi connectivity index (χ1) is 8.24. The van der Waals surface area contributed by atoms with Gasteiger partial charge >= 0.3 is 0 Å². The minimum Gasteiger partial charge on any atom is -0.396 e. The summed E-state index contributed by atoms with van der Waals surface area (Å²) in [4.78, 5) is 15.7. The fraction of sp³-hybridized carbons (Fsp3) is 0. The van der Waals surface area contributed by atoms with Gasteiger partial charge in [-0.05, 0) is 18.2 Å². The zero-order valence-electron chi connectivity index (χ0n) is 8.88. The molecule has 6 nitrogen and oxygen atoms in total. The number of aromatic amines is 1. The summed E-state index contributed by atoms with van der Waals surface area (Å²) < 4.78 is 0. The predicted molar refractivity (Wildman–Crippen MR) is 65.9 cm³/mol. The van der Waals surface area contributed by atoms with E-state index in [-0.39, 0.29) is 5.82 Å². The Labute approximate surface area is 96.7 Å². The number of pyridine rings is 2. The molecule has 0 aliphatic carbocycles. The highest BCUT2D eigenvalue weighted by Gasteiger charge is 2.08. The minimum atomic E-state index is 0.288. The standard InChI is InChI=1S/C11H10N6/c12-6-5-8-11(16-9(6)13)17-10(15-8)7-3-1-2-4-14-7/h1-5H,12H2,(H3,13,15,16,17).